The lowest BCUT2D eigenvalue weighted by molar-refractivity contribution is 0.101. The van der Waals surface area contributed by atoms with Crippen LogP contribution in [0.5, 0.6) is 0 Å². The van der Waals surface area contributed by atoms with Crippen molar-refractivity contribution in [2.24, 2.45) is 0 Å². The van der Waals surface area contributed by atoms with Crippen LogP contribution in [0, 0.1) is 6.92 Å². The number of piperazine rings is 1. The van der Waals surface area contributed by atoms with Gasteiger partial charge in [0.25, 0.3) is 0 Å². The van der Waals surface area contributed by atoms with Crippen molar-refractivity contribution in [2.75, 3.05) is 31.1 Å². The Bertz CT molecular complexity index is 672. The monoisotopic (exact) mass is 314 g/mol. The number of carbonyl (C=O) groups is 1. The second-order valence-corrected chi connectivity index (χ2v) is 5.98. The highest BCUT2D eigenvalue weighted by Crippen LogP contribution is 2.23. The minimum Gasteiger partial charge on any atom is -0.369 e. The molecule has 3 rings (SSSR count). The van der Waals surface area contributed by atoms with Gasteiger partial charge in [-0.1, -0.05) is 5.16 Å². The van der Waals surface area contributed by atoms with Gasteiger partial charge in [0.15, 0.2) is 11.6 Å². The van der Waals surface area contributed by atoms with Crippen molar-refractivity contribution < 1.29 is 9.32 Å². The number of Topliss-reactive ketones (excluding diaryl/α,β-unsaturated/α-hetero) is 1. The summed E-state index contributed by atoms with van der Waals surface area (Å²) in [4.78, 5) is 20.4. The molecule has 0 saturated carbocycles. The first-order chi connectivity index (χ1) is 11.0. The van der Waals surface area contributed by atoms with Crippen LogP contribution in [0.25, 0.3) is 0 Å². The lowest BCUT2D eigenvalue weighted by Crippen LogP contribution is -2.47. The van der Waals surface area contributed by atoms with Crippen molar-refractivity contribution in [1.29, 1.82) is 0 Å². The number of hydrogen-bond acceptors (Lipinski definition) is 6. The molecule has 1 fully saturated rings. The number of hydrogen-bond donors (Lipinski definition) is 0. The van der Waals surface area contributed by atoms with Gasteiger partial charge in [0.1, 0.15) is 0 Å². The maximum atomic E-state index is 11.3. The zero-order valence-electron chi connectivity index (χ0n) is 13.8. The lowest BCUT2D eigenvalue weighted by atomic mass is 10.1. The van der Waals surface area contributed by atoms with Gasteiger partial charge in [-0.2, -0.15) is 4.98 Å². The van der Waals surface area contributed by atoms with Crippen LogP contribution in [-0.4, -0.2) is 47.0 Å². The fraction of sp³-hybridized carbons (Fsp3) is 0.471. The molecule has 0 amide bonds. The maximum absolute atomic E-state index is 11.3. The third-order valence-electron chi connectivity index (χ3n) is 4.40. The standard InChI is InChI=1S/C17H22N4O2/c1-12(17-18-14(3)19-23-17)20-8-10-21(11-9-20)16-6-4-15(5-7-16)13(2)22/h4-7,12H,8-11H2,1-3H3/t12-/m1/s1. The van der Waals surface area contributed by atoms with Gasteiger partial charge < -0.3 is 9.42 Å². The fourth-order valence-corrected chi connectivity index (χ4v) is 2.91. The summed E-state index contributed by atoms with van der Waals surface area (Å²) < 4.78 is 5.28. The topological polar surface area (TPSA) is 62.5 Å². The van der Waals surface area contributed by atoms with E-state index in [-0.39, 0.29) is 11.8 Å². The first-order valence-electron chi connectivity index (χ1n) is 7.95. The average molecular weight is 314 g/mol. The van der Waals surface area contributed by atoms with Gasteiger partial charge in [0.05, 0.1) is 6.04 Å². The predicted octanol–water partition coefficient (Wildman–Crippen LogP) is 2.46. The van der Waals surface area contributed by atoms with E-state index in [0.29, 0.717) is 11.7 Å². The van der Waals surface area contributed by atoms with E-state index in [1.165, 1.54) is 0 Å². The molecule has 1 aromatic carbocycles. The molecule has 6 heteroatoms. The summed E-state index contributed by atoms with van der Waals surface area (Å²) >= 11 is 0. The zero-order valence-corrected chi connectivity index (χ0v) is 13.8. The molecule has 0 N–H and O–H groups in total. The summed E-state index contributed by atoms with van der Waals surface area (Å²) in [6.45, 7) is 9.29. The summed E-state index contributed by atoms with van der Waals surface area (Å²) in [6, 6.07) is 7.98. The molecule has 6 nitrogen and oxygen atoms in total. The Kier molecular flexibility index (Phi) is 4.43. The van der Waals surface area contributed by atoms with Gasteiger partial charge in [-0.05, 0) is 45.0 Å². The minimum atomic E-state index is 0.102. The van der Waals surface area contributed by atoms with Crippen LogP contribution in [-0.2, 0) is 0 Å². The number of benzene rings is 1. The second-order valence-electron chi connectivity index (χ2n) is 5.98. The highest BCUT2D eigenvalue weighted by Gasteiger charge is 2.25. The van der Waals surface area contributed by atoms with Crippen LogP contribution in [0.3, 0.4) is 0 Å². The minimum absolute atomic E-state index is 0.102. The predicted molar refractivity (Wildman–Crippen MR) is 87.7 cm³/mol. The first kappa shape index (κ1) is 15.7. The quantitative estimate of drug-likeness (QED) is 0.808. The van der Waals surface area contributed by atoms with Crippen LogP contribution in [0.1, 0.15) is 42.0 Å². The van der Waals surface area contributed by atoms with Gasteiger partial charge in [-0.15, -0.1) is 0 Å². The molecule has 122 valence electrons. The molecular weight excluding hydrogens is 292 g/mol. The molecule has 23 heavy (non-hydrogen) atoms. The smallest absolute Gasteiger partial charge is 0.243 e. The van der Waals surface area contributed by atoms with Crippen molar-refractivity contribution in [3.63, 3.8) is 0 Å². The SMILES string of the molecule is CC(=O)c1ccc(N2CCN([C@H](C)c3nc(C)no3)CC2)cc1. The van der Waals surface area contributed by atoms with Crippen molar-refractivity contribution in [3.05, 3.63) is 41.5 Å². The zero-order chi connectivity index (χ0) is 16.4. The largest absolute Gasteiger partial charge is 0.369 e. The molecular formula is C17H22N4O2. The van der Waals surface area contributed by atoms with E-state index in [9.17, 15) is 4.79 Å². The van der Waals surface area contributed by atoms with Crippen LogP contribution in [0.15, 0.2) is 28.8 Å². The van der Waals surface area contributed by atoms with E-state index in [1.807, 2.05) is 31.2 Å². The Morgan fingerprint density at radius 1 is 1.17 bits per heavy atom. The third-order valence-corrected chi connectivity index (χ3v) is 4.40. The van der Waals surface area contributed by atoms with Crippen LogP contribution in [0.2, 0.25) is 0 Å². The lowest BCUT2D eigenvalue weighted by Gasteiger charge is -2.38. The average Bonchev–Trinajstić information content (AvgIpc) is 3.01. The van der Waals surface area contributed by atoms with Gasteiger partial charge in [0.2, 0.25) is 5.89 Å². The molecule has 0 unspecified atom stereocenters. The fourth-order valence-electron chi connectivity index (χ4n) is 2.91. The van der Waals surface area contributed by atoms with Gasteiger partial charge >= 0.3 is 0 Å². The van der Waals surface area contributed by atoms with E-state index in [1.54, 1.807) is 6.92 Å². The van der Waals surface area contributed by atoms with Crippen LogP contribution in [0.4, 0.5) is 5.69 Å². The van der Waals surface area contributed by atoms with Crippen molar-refractivity contribution >= 4 is 11.5 Å². The molecule has 2 heterocycles. The Hall–Kier alpha value is -2.21. The number of aryl methyl sites for hydroxylation is 1. The number of ketones is 1. The summed E-state index contributed by atoms with van der Waals surface area (Å²) in [5.74, 6) is 1.46. The second kappa shape index (κ2) is 6.50. The molecule has 1 aliphatic rings. The molecule has 1 aromatic heterocycles. The number of aromatic nitrogens is 2. The Labute approximate surface area is 136 Å². The molecule has 0 aliphatic carbocycles. The van der Waals surface area contributed by atoms with Crippen LogP contribution >= 0.6 is 0 Å². The number of rotatable bonds is 4. The first-order valence-corrected chi connectivity index (χ1v) is 7.95. The number of anilines is 1. The maximum Gasteiger partial charge on any atom is 0.243 e. The van der Waals surface area contributed by atoms with E-state index in [2.05, 4.69) is 26.9 Å². The normalized spacial score (nSPS) is 17.3. The van der Waals surface area contributed by atoms with Gasteiger partial charge in [-0.3, -0.25) is 9.69 Å². The van der Waals surface area contributed by atoms with Crippen molar-refractivity contribution in [1.82, 2.24) is 15.0 Å². The van der Waals surface area contributed by atoms with E-state index < -0.39 is 0 Å². The molecule has 1 saturated heterocycles. The third kappa shape index (κ3) is 3.42. The van der Waals surface area contributed by atoms with Crippen molar-refractivity contribution in [3.8, 4) is 0 Å². The summed E-state index contributed by atoms with van der Waals surface area (Å²) in [7, 11) is 0. The van der Waals surface area contributed by atoms with Gasteiger partial charge in [-0.25, -0.2) is 0 Å². The molecule has 0 radical (unpaired) electrons. The highest BCUT2D eigenvalue weighted by molar-refractivity contribution is 5.94. The number of nitrogens with zero attached hydrogens (tertiary/aromatic N) is 4. The van der Waals surface area contributed by atoms with Crippen molar-refractivity contribution in [2.45, 2.75) is 26.8 Å². The van der Waals surface area contributed by atoms with Gasteiger partial charge in [0, 0.05) is 37.4 Å². The molecule has 1 atom stereocenters. The van der Waals surface area contributed by atoms with E-state index in [4.69, 9.17) is 4.52 Å². The Morgan fingerprint density at radius 2 is 1.83 bits per heavy atom. The molecule has 1 aliphatic heterocycles. The summed E-state index contributed by atoms with van der Waals surface area (Å²) in [6.07, 6.45) is 0. The summed E-state index contributed by atoms with van der Waals surface area (Å²) in [5.41, 5.74) is 1.92. The highest BCUT2D eigenvalue weighted by atomic mass is 16.5. The van der Waals surface area contributed by atoms with Crippen LogP contribution < -0.4 is 4.90 Å². The van der Waals surface area contributed by atoms with E-state index in [0.717, 1.165) is 37.4 Å². The van der Waals surface area contributed by atoms with E-state index >= 15 is 0 Å². The molecule has 0 spiro atoms. The summed E-state index contributed by atoms with van der Waals surface area (Å²) in [5, 5.41) is 3.87. The molecule has 2 aromatic rings. The molecule has 0 bridgehead atoms. The number of carbonyl (C=O) groups excluding carboxylic acids is 1. The Morgan fingerprint density at radius 3 is 2.35 bits per heavy atom. The Balaban J connectivity index is 1.60.